The van der Waals surface area contributed by atoms with Crippen molar-refractivity contribution in [3.8, 4) is 54.9 Å². The van der Waals surface area contributed by atoms with Crippen molar-refractivity contribution in [1.82, 2.24) is 0 Å². The first-order valence-electron chi connectivity index (χ1n) is 20.5. The highest BCUT2D eigenvalue weighted by Gasteiger charge is 2.16. The van der Waals surface area contributed by atoms with Gasteiger partial charge in [-0.25, -0.2) is 0 Å². The van der Waals surface area contributed by atoms with E-state index in [1.54, 1.807) is 0 Å². The lowest BCUT2D eigenvalue weighted by Gasteiger charge is -2.26. The third-order valence-corrected chi connectivity index (χ3v) is 12.9. The molecule has 1 aromatic heterocycles. The molecule has 0 N–H and O–H groups in total. The largest absolute Gasteiger partial charge is 0.311 e. The first kappa shape index (κ1) is 35.6. The van der Waals surface area contributed by atoms with E-state index in [-0.39, 0.29) is 0 Å². The van der Waals surface area contributed by atoms with Crippen LogP contribution in [-0.4, -0.2) is 0 Å². The summed E-state index contributed by atoms with van der Waals surface area (Å²) in [6.07, 6.45) is 0. The zero-order valence-corrected chi connectivity index (χ0v) is 33.7. The first-order valence-corrected chi connectivity index (χ1v) is 21.3. The van der Waals surface area contributed by atoms with Crippen LogP contribution in [0.25, 0.3) is 86.6 Å². The Morgan fingerprint density at radius 3 is 0.917 bits per heavy atom. The van der Waals surface area contributed by atoms with Gasteiger partial charge in [0.05, 0.1) is 0 Å². The molecule has 0 fully saturated rings. The standard InChI is InChI=1S/C58H39NS/c1-3-11-40(12-4-1)42-19-23-44(24-20-42)46-27-33-49(34-28-46)59(50-35-29-47(30-36-50)45-25-21-43(22-26-45)41-13-5-2-6-14-41)51-37-31-48(32-38-51)57-39-56-54-17-8-7-15-52(54)53-16-9-10-18-55(53)58(56)60-57/h1-39H. The molecule has 0 amide bonds. The Bertz CT molecular complexity index is 3040. The van der Waals surface area contributed by atoms with E-state index in [9.17, 15) is 0 Å². The van der Waals surface area contributed by atoms with E-state index in [0.29, 0.717) is 0 Å². The van der Waals surface area contributed by atoms with Crippen LogP contribution in [0.15, 0.2) is 237 Å². The fourth-order valence-corrected chi connectivity index (χ4v) is 9.82. The number of hydrogen-bond acceptors (Lipinski definition) is 2. The second kappa shape index (κ2) is 15.3. The van der Waals surface area contributed by atoms with E-state index in [0.717, 1.165) is 17.1 Å². The number of anilines is 3. The average Bonchev–Trinajstić information content (AvgIpc) is 3.80. The van der Waals surface area contributed by atoms with Crippen molar-refractivity contribution in [1.29, 1.82) is 0 Å². The quantitative estimate of drug-likeness (QED) is 0.139. The summed E-state index contributed by atoms with van der Waals surface area (Å²) in [5.74, 6) is 0. The van der Waals surface area contributed by atoms with Gasteiger partial charge < -0.3 is 4.90 Å². The number of benzene rings is 10. The topological polar surface area (TPSA) is 3.24 Å². The Morgan fingerprint density at radius 1 is 0.233 bits per heavy atom. The van der Waals surface area contributed by atoms with E-state index in [2.05, 4.69) is 241 Å². The zero-order chi connectivity index (χ0) is 39.8. The monoisotopic (exact) mass is 781 g/mol. The fourth-order valence-electron chi connectivity index (χ4n) is 8.60. The Hall–Kier alpha value is -7.52. The Labute approximate surface area is 354 Å². The minimum atomic E-state index is 1.10. The molecular formula is C58H39NS. The SMILES string of the molecule is c1ccc(-c2ccc(-c3ccc(N(c4ccc(-c5ccc(-c6ccccc6)cc5)cc4)c4ccc(-c5cc6c7ccccc7c7ccccc7c6s5)cc4)cc3)cc2)cc1. The number of nitrogens with zero attached hydrogens (tertiary/aromatic N) is 1. The van der Waals surface area contributed by atoms with Crippen LogP contribution < -0.4 is 4.90 Å². The van der Waals surface area contributed by atoms with Crippen LogP contribution in [0.3, 0.4) is 0 Å². The highest BCUT2D eigenvalue weighted by Crippen LogP contribution is 2.44. The first-order chi connectivity index (χ1) is 29.7. The minimum absolute atomic E-state index is 1.10. The molecular weight excluding hydrogens is 743 g/mol. The third-order valence-electron chi connectivity index (χ3n) is 11.7. The maximum Gasteiger partial charge on any atom is 0.0462 e. The normalized spacial score (nSPS) is 11.3. The van der Waals surface area contributed by atoms with Crippen LogP contribution in [0.4, 0.5) is 17.1 Å². The fraction of sp³-hybridized carbons (Fsp3) is 0. The van der Waals surface area contributed by atoms with Crippen molar-refractivity contribution in [3.63, 3.8) is 0 Å². The van der Waals surface area contributed by atoms with E-state index in [1.165, 1.54) is 86.6 Å². The van der Waals surface area contributed by atoms with Crippen molar-refractivity contribution < 1.29 is 0 Å². The molecule has 0 atom stereocenters. The molecule has 1 heterocycles. The van der Waals surface area contributed by atoms with Crippen LogP contribution in [0.5, 0.6) is 0 Å². The molecule has 0 aliphatic carbocycles. The number of hydrogen-bond donors (Lipinski definition) is 0. The summed E-state index contributed by atoms with van der Waals surface area (Å²) < 4.78 is 1.34. The van der Waals surface area contributed by atoms with Gasteiger partial charge in [0.25, 0.3) is 0 Å². The van der Waals surface area contributed by atoms with E-state index in [4.69, 9.17) is 0 Å². The highest BCUT2D eigenvalue weighted by molar-refractivity contribution is 7.23. The molecule has 0 aliphatic rings. The molecule has 60 heavy (non-hydrogen) atoms. The van der Waals surface area contributed by atoms with E-state index >= 15 is 0 Å². The molecule has 11 rings (SSSR count). The third kappa shape index (κ3) is 6.63. The molecule has 0 radical (unpaired) electrons. The molecule has 0 bridgehead atoms. The van der Waals surface area contributed by atoms with Crippen molar-refractivity contribution in [2.45, 2.75) is 0 Å². The Balaban J connectivity index is 0.944. The molecule has 10 aromatic carbocycles. The summed E-state index contributed by atoms with van der Waals surface area (Å²) in [6.45, 7) is 0. The molecule has 0 spiro atoms. The van der Waals surface area contributed by atoms with Crippen LogP contribution in [0, 0.1) is 0 Å². The molecule has 11 aromatic rings. The summed E-state index contributed by atoms with van der Waals surface area (Å²) in [5.41, 5.74) is 14.2. The molecule has 282 valence electrons. The average molecular weight is 782 g/mol. The maximum absolute atomic E-state index is 2.39. The van der Waals surface area contributed by atoms with Crippen LogP contribution in [0.2, 0.25) is 0 Å². The van der Waals surface area contributed by atoms with Gasteiger partial charge in [-0.3, -0.25) is 0 Å². The van der Waals surface area contributed by atoms with E-state index < -0.39 is 0 Å². The molecule has 0 saturated carbocycles. The summed E-state index contributed by atoms with van der Waals surface area (Å²) >= 11 is 1.89. The van der Waals surface area contributed by atoms with Gasteiger partial charge in [-0.15, -0.1) is 11.3 Å². The molecule has 0 unspecified atom stereocenters. The van der Waals surface area contributed by atoms with Gasteiger partial charge in [0, 0.05) is 37.4 Å². The van der Waals surface area contributed by atoms with Crippen LogP contribution in [-0.2, 0) is 0 Å². The number of rotatable bonds is 8. The Kier molecular flexibility index (Phi) is 9.11. The maximum atomic E-state index is 2.39. The second-order valence-electron chi connectivity index (χ2n) is 15.3. The summed E-state index contributed by atoms with van der Waals surface area (Å²) in [4.78, 5) is 3.63. The smallest absolute Gasteiger partial charge is 0.0462 e. The van der Waals surface area contributed by atoms with Crippen molar-refractivity contribution in [2.75, 3.05) is 4.90 Å². The van der Waals surface area contributed by atoms with Gasteiger partial charge in [-0.05, 0) is 109 Å². The highest BCUT2D eigenvalue weighted by atomic mass is 32.1. The number of fused-ring (bicyclic) bond motifs is 6. The van der Waals surface area contributed by atoms with Gasteiger partial charge in [-0.1, -0.05) is 194 Å². The lowest BCUT2D eigenvalue weighted by atomic mass is 9.98. The molecule has 0 aliphatic heterocycles. The lowest BCUT2D eigenvalue weighted by molar-refractivity contribution is 1.28. The number of thiophene rings is 1. The van der Waals surface area contributed by atoms with Crippen molar-refractivity contribution in [2.24, 2.45) is 0 Å². The second-order valence-corrected chi connectivity index (χ2v) is 16.4. The molecule has 1 nitrogen and oxygen atoms in total. The molecule has 0 saturated heterocycles. The summed E-state index contributed by atoms with van der Waals surface area (Å²) in [7, 11) is 0. The zero-order valence-electron chi connectivity index (χ0n) is 32.9. The van der Waals surface area contributed by atoms with Crippen LogP contribution >= 0.6 is 11.3 Å². The van der Waals surface area contributed by atoms with Crippen molar-refractivity contribution in [3.05, 3.63) is 237 Å². The Morgan fingerprint density at radius 2 is 0.517 bits per heavy atom. The molecule has 2 heteroatoms. The van der Waals surface area contributed by atoms with Gasteiger partial charge in [0.1, 0.15) is 0 Å². The predicted octanol–water partition coefficient (Wildman–Crippen LogP) is 17.0. The summed E-state index contributed by atoms with van der Waals surface area (Å²) in [5, 5.41) is 6.56. The van der Waals surface area contributed by atoms with E-state index in [1.807, 2.05) is 11.3 Å². The van der Waals surface area contributed by atoms with Crippen LogP contribution in [0.1, 0.15) is 0 Å². The van der Waals surface area contributed by atoms with Gasteiger partial charge >= 0.3 is 0 Å². The minimum Gasteiger partial charge on any atom is -0.311 e. The summed E-state index contributed by atoms with van der Waals surface area (Å²) in [6, 6.07) is 85.9. The lowest BCUT2D eigenvalue weighted by Crippen LogP contribution is -2.09. The van der Waals surface area contributed by atoms with Gasteiger partial charge in [0.2, 0.25) is 0 Å². The predicted molar refractivity (Wildman–Crippen MR) is 259 cm³/mol. The van der Waals surface area contributed by atoms with Gasteiger partial charge in [-0.2, -0.15) is 0 Å². The van der Waals surface area contributed by atoms with Crippen molar-refractivity contribution >= 4 is 60.0 Å². The van der Waals surface area contributed by atoms with Gasteiger partial charge in [0.15, 0.2) is 0 Å².